The van der Waals surface area contributed by atoms with Crippen LogP contribution in [0, 0.1) is 13.8 Å². The second-order valence-electron chi connectivity index (χ2n) is 5.06. The van der Waals surface area contributed by atoms with E-state index in [9.17, 15) is 0 Å². The highest BCUT2D eigenvalue weighted by Gasteiger charge is 2.12. The molecule has 1 N–H and O–H groups in total. The summed E-state index contributed by atoms with van der Waals surface area (Å²) in [6.07, 6.45) is 0.937. The Morgan fingerprint density at radius 2 is 2.00 bits per heavy atom. The SMILES string of the molecule is CCc1cc(-c2nc3c(C)cc(C)cc3[nH]2)n(C)n1. The molecule has 0 amide bonds. The number of aryl methyl sites for hydroxylation is 4. The van der Waals surface area contributed by atoms with Gasteiger partial charge < -0.3 is 4.98 Å². The van der Waals surface area contributed by atoms with Crippen molar-refractivity contribution in [2.24, 2.45) is 7.05 Å². The average Bonchev–Trinajstić information content (AvgIpc) is 2.92. The van der Waals surface area contributed by atoms with Crippen LogP contribution in [0.5, 0.6) is 0 Å². The first-order chi connectivity index (χ1) is 9.08. The Morgan fingerprint density at radius 1 is 1.21 bits per heavy atom. The summed E-state index contributed by atoms with van der Waals surface area (Å²) in [6.45, 7) is 6.31. The Morgan fingerprint density at radius 3 is 2.68 bits per heavy atom. The molecule has 4 heteroatoms. The van der Waals surface area contributed by atoms with Gasteiger partial charge in [0.15, 0.2) is 5.82 Å². The maximum Gasteiger partial charge on any atom is 0.156 e. The van der Waals surface area contributed by atoms with Crippen molar-refractivity contribution in [1.29, 1.82) is 0 Å². The van der Waals surface area contributed by atoms with Crippen LogP contribution >= 0.6 is 0 Å². The van der Waals surface area contributed by atoms with Gasteiger partial charge in [0.05, 0.1) is 16.7 Å². The van der Waals surface area contributed by atoms with Crippen LogP contribution in [0.25, 0.3) is 22.6 Å². The molecular formula is C15H18N4. The number of hydrogen-bond donors (Lipinski definition) is 1. The van der Waals surface area contributed by atoms with Gasteiger partial charge in [0, 0.05) is 7.05 Å². The van der Waals surface area contributed by atoms with Crippen LogP contribution in [0.3, 0.4) is 0 Å². The topological polar surface area (TPSA) is 46.5 Å². The van der Waals surface area contributed by atoms with Crippen molar-refractivity contribution in [2.75, 3.05) is 0 Å². The molecule has 0 saturated heterocycles. The Kier molecular flexibility index (Phi) is 2.66. The van der Waals surface area contributed by atoms with E-state index in [1.165, 1.54) is 11.1 Å². The van der Waals surface area contributed by atoms with Crippen molar-refractivity contribution in [1.82, 2.24) is 19.7 Å². The zero-order valence-electron chi connectivity index (χ0n) is 11.8. The maximum absolute atomic E-state index is 4.72. The largest absolute Gasteiger partial charge is 0.337 e. The van der Waals surface area contributed by atoms with E-state index in [2.05, 4.69) is 49.1 Å². The summed E-state index contributed by atoms with van der Waals surface area (Å²) in [4.78, 5) is 8.12. The smallest absolute Gasteiger partial charge is 0.156 e. The quantitative estimate of drug-likeness (QED) is 0.763. The molecule has 98 valence electrons. The zero-order valence-corrected chi connectivity index (χ0v) is 11.8. The van der Waals surface area contributed by atoms with Crippen molar-refractivity contribution in [3.63, 3.8) is 0 Å². The van der Waals surface area contributed by atoms with Crippen molar-refractivity contribution >= 4 is 11.0 Å². The number of benzene rings is 1. The highest BCUT2D eigenvalue weighted by atomic mass is 15.3. The minimum atomic E-state index is 0.887. The molecule has 19 heavy (non-hydrogen) atoms. The number of aromatic nitrogens is 4. The van der Waals surface area contributed by atoms with Gasteiger partial charge in [-0.15, -0.1) is 0 Å². The summed E-state index contributed by atoms with van der Waals surface area (Å²) in [5.41, 5.74) is 6.71. The number of hydrogen-bond acceptors (Lipinski definition) is 2. The standard InChI is InChI=1S/C15H18N4/c1-5-11-8-13(19(4)18-11)15-16-12-7-9(2)6-10(3)14(12)17-15/h6-8H,5H2,1-4H3,(H,16,17). The molecule has 4 nitrogen and oxygen atoms in total. The van der Waals surface area contributed by atoms with Crippen molar-refractivity contribution in [2.45, 2.75) is 27.2 Å². The van der Waals surface area contributed by atoms with Crippen LogP contribution in [-0.4, -0.2) is 19.7 Å². The Bertz CT molecular complexity index is 749. The lowest BCUT2D eigenvalue weighted by atomic mass is 10.1. The number of nitrogens with one attached hydrogen (secondary N) is 1. The molecule has 0 bridgehead atoms. The van der Waals surface area contributed by atoms with Gasteiger partial charge in [-0.05, 0) is 43.5 Å². The van der Waals surface area contributed by atoms with E-state index in [-0.39, 0.29) is 0 Å². The molecule has 0 radical (unpaired) electrons. The van der Waals surface area contributed by atoms with Crippen molar-refractivity contribution < 1.29 is 0 Å². The van der Waals surface area contributed by atoms with E-state index in [0.29, 0.717) is 0 Å². The number of fused-ring (bicyclic) bond motifs is 1. The molecule has 0 aliphatic rings. The van der Waals surface area contributed by atoms with Gasteiger partial charge in [-0.3, -0.25) is 4.68 Å². The first-order valence-corrected chi connectivity index (χ1v) is 6.58. The van der Waals surface area contributed by atoms with Crippen LogP contribution in [0.1, 0.15) is 23.7 Å². The first-order valence-electron chi connectivity index (χ1n) is 6.58. The maximum atomic E-state index is 4.72. The second-order valence-corrected chi connectivity index (χ2v) is 5.06. The molecule has 0 aliphatic heterocycles. The van der Waals surface area contributed by atoms with E-state index in [0.717, 1.165) is 34.7 Å². The predicted octanol–water partition coefficient (Wildman–Crippen LogP) is 3.14. The third-order valence-electron chi connectivity index (χ3n) is 3.46. The third kappa shape index (κ3) is 1.93. The van der Waals surface area contributed by atoms with E-state index < -0.39 is 0 Å². The molecular weight excluding hydrogens is 236 g/mol. The summed E-state index contributed by atoms with van der Waals surface area (Å²) in [6, 6.07) is 6.39. The van der Waals surface area contributed by atoms with E-state index in [1.54, 1.807) is 0 Å². The van der Waals surface area contributed by atoms with Gasteiger partial charge >= 0.3 is 0 Å². The second kappa shape index (κ2) is 4.23. The summed E-state index contributed by atoms with van der Waals surface area (Å²) in [7, 11) is 1.96. The predicted molar refractivity (Wildman–Crippen MR) is 77.1 cm³/mol. The molecule has 0 saturated carbocycles. The lowest BCUT2D eigenvalue weighted by molar-refractivity contribution is 0.749. The van der Waals surface area contributed by atoms with Gasteiger partial charge in [-0.25, -0.2) is 4.98 Å². The fourth-order valence-corrected chi connectivity index (χ4v) is 2.51. The first kappa shape index (κ1) is 12.0. The van der Waals surface area contributed by atoms with Crippen molar-refractivity contribution in [3.8, 4) is 11.5 Å². The Balaban J connectivity index is 2.20. The van der Waals surface area contributed by atoms with Gasteiger partial charge in [0.2, 0.25) is 0 Å². The minimum Gasteiger partial charge on any atom is -0.337 e. The highest BCUT2D eigenvalue weighted by Crippen LogP contribution is 2.24. The summed E-state index contributed by atoms with van der Waals surface area (Å²) < 4.78 is 1.89. The van der Waals surface area contributed by atoms with E-state index in [1.807, 2.05) is 11.7 Å². The molecule has 2 heterocycles. The zero-order chi connectivity index (χ0) is 13.6. The fourth-order valence-electron chi connectivity index (χ4n) is 2.51. The number of aromatic amines is 1. The summed E-state index contributed by atoms with van der Waals surface area (Å²) in [5.74, 6) is 0.887. The fraction of sp³-hybridized carbons (Fsp3) is 0.333. The molecule has 0 aliphatic carbocycles. The number of nitrogens with zero attached hydrogens (tertiary/aromatic N) is 3. The third-order valence-corrected chi connectivity index (χ3v) is 3.46. The van der Waals surface area contributed by atoms with Crippen molar-refractivity contribution in [3.05, 3.63) is 35.0 Å². The minimum absolute atomic E-state index is 0.887. The summed E-state index contributed by atoms with van der Waals surface area (Å²) in [5, 5.41) is 4.47. The number of rotatable bonds is 2. The lowest BCUT2D eigenvalue weighted by Crippen LogP contribution is -1.95. The average molecular weight is 254 g/mol. The van der Waals surface area contributed by atoms with Crippen LogP contribution in [0.2, 0.25) is 0 Å². The normalized spacial score (nSPS) is 11.4. The molecule has 1 aromatic carbocycles. The van der Waals surface area contributed by atoms with Crippen LogP contribution in [-0.2, 0) is 13.5 Å². The monoisotopic (exact) mass is 254 g/mol. The Hall–Kier alpha value is -2.10. The Labute approximate surface area is 112 Å². The van der Waals surface area contributed by atoms with Gasteiger partial charge in [-0.2, -0.15) is 5.10 Å². The lowest BCUT2D eigenvalue weighted by Gasteiger charge is -1.96. The molecule has 0 unspecified atom stereocenters. The van der Waals surface area contributed by atoms with Crippen LogP contribution in [0.4, 0.5) is 0 Å². The van der Waals surface area contributed by atoms with E-state index >= 15 is 0 Å². The van der Waals surface area contributed by atoms with Gasteiger partial charge in [0.1, 0.15) is 5.69 Å². The molecule has 3 aromatic rings. The molecule has 0 atom stereocenters. The van der Waals surface area contributed by atoms with Gasteiger partial charge in [0.25, 0.3) is 0 Å². The van der Waals surface area contributed by atoms with Crippen LogP contribution < -0.4 is 0 Å². The number of imidazole rings is 1. The highest BCUT2D eigenvalue weighted by molar-refractivity contribution is 5.82. The molecule has 2 aromatic heterocycles. The van der Waals surface area contributed by atoms with E-state index in [4.69, 9.17) is 4.98 Å². The van der Waals surface area contributed by atoms with Crippen LogP contribution in [0.15, 0.2) is 18.2 Å². The number of H-pyrrole nitrogens is 1. The summed E-state index contributed by atoms with van der Waals surface area (Å²) >= 11 is 0. The molecule has 0 spiro atoms. The molecule has 3 rings (SSSR count). The molecule has 0 fully saturated rings. The van der Waals surface area contributed by atoms with Gasteiger partial charge in [-0.1, -0.05) is 13.0 Å².